The third-order valence-electron chi connectivity index (χ3n) is 5.43. The summed E-state index contributed by atoms with van der Waals surface area (Å²) in [6.45, 7) is 4.02. The van der Waals surface area contributed by atoms with Crippen LogP contribution in [-0.2, 0) is 22.9 Å². The number of thiazole rings is 1. The van der Waals surface area contributed by atoms with Crippen LogP contribution < -0.4 is 4.90 Å². The van der Waals surface area contributed by atoms with Crippen molar-refractivity contribution >= 4 is 26.5 Å². The molecule has 0 unspecified atom stereocenters. The van der Waals surface area contributed by atoms with E-state index >= 15 is 0 Å². The molecule has 164 valence electrons. The zero-order valence-corrected chi connectivity index (χ0v) is 19.1. The van der Waals surface area contributed by atoms with Crippen LogP contribution in [0.15, 0.2) is 58.8 Å². The van der Waals surface area contributed by atoms with Gasteiger partial charge < -0.3 is 4.90 Å². The maximum Gasteiger partial charge on any atom is 0.243 e. The smallest absolute Gasteiger partial charge is 0.243 e. The van der Waals surface area contributed by atoms with E-state index in [9.17, 15) is 12.8 Å². The van der Waals surface area contributed by atoms with E-state index in [4.69, 9.17) is 4.98 Å². The summed E-state index contributed by atoms with van der Waals surface area (Å²) in [5.74, 6) is -0.546. The van der Waals surface area contributed by atoms with Gasteiger partial charge in [-0.05, 0) is 35.7 Å². The van der Waals surface area contributed by atoms with E-state index in [-0.39, 0.29) is 4.90 Å². The average Bonchev–Trinajstić information content (AvgIpc) is 3.24. The van der Waals surface area contributed by atoms with Crippen molar-refractivity contribution in [2.45, 2.75) is 31.1 Å². The third kappa shape index (κ3) is 5.14. The fourth-order valence-corrected chi connectivity index (χ4v) is 6.07. The molecule has 0 amide bonds. The molecule has 1 aromatic heterocycles. The van der Waals surface area contributed by atoms with Crippen LogP contribution in [0.4, 0.5) is 9.52 Å². The second-order valence-corrected chi connectivity index (χ2v) is 10.5. The monoisotopic (exact) mass is 459 g/mol. The minimum atomic E-state index is -3.68. The zero-order valence-electron chi connectivity index (χ0n) is 17.5. The Labute approximate surface area is 187 Å². The molecule has 1 fully saturated rings. The number of rotatable bonds is 7. The molecule has 0 saturated carbocycles. The van der Waals surface area contributed by atoms with Gasteiger partial charge in [0.1, 0.15) is 5.82 Å². The number of benzene rings is 2. The molecule has 0 bridgehead atoms. The van der Waals surface area contributed by atoms with Gasteiger partial charge in [0.2, 0.25) is 10.0 Å². The Morgan fingerprint density at radius 1 is 1.03 bits per heavy atom. The second kappa shape index (κ2) is 9.46. The molecule has 2 heterocycles. The van der Waals surface area contributed by atoms with Crippen LogP contribution in [0.5, 0.6) is 0 Å². The molecule has 0 radical (unpaired) electrons. The largest absolute Gasteiger partial charge is 0.345 e. The number of aromatic nitrogens is 1. The fourth-order valence-electron chi connectivity index (χ4n) is 3.74. The van der Waals surface area contributed by atoms with E-state index in [0.29, 0.717) is 26.2 Å². The Balaban J connectivity index is 1.37. The molecule has 31 heavy (non-hydrogen) atoms. The van der Waals surface area contributed by atoms with Gasteiger partial charge >= 0.3 is 0 Å². The summed E-state index contributed by atoms with van der Waals surface area (Å²) < 4.78 is 40.4. The van der Waals surface area contributed by atoms with E-state index < -0.39 is 15.8 Å². The van der Waals surface area contributed by atoms with Crippen molar-refractivity contribution in [1.29, 1.82) is 0 Å². The lowest BCUT2D eigenvalue weighted by atomic mass is 10.1. The van der Waals surface area contributed by atoms with E-state index in [2.05, 4.69) is 41.5 Å². The molecule has 0 N–H and O–H groups in total. The van der Waals surface area contributed by atoms with Gasteiger partial charge in [-0.15, -0.1) is 11.3 Å². The van der Waals surface area contributed by atoms with Crippen LogP contribution in [0.3, 0.4) is 0 Å². The quantitative estimate of drug-likeness (QED) is 0.528. The van der Waals surface area contributed by atoms with Gasteiger partial charge in [-0.25, -0.2) is 17.8 Å². The minimum absolute atomic E-state index is 0.00226. The molecule has 1 aliphatic heterocycles. The van der Waals surface area contributed by atoms with Crippen LogP contribution in [0.2, 0.25) is 0 Å². The van der Waals surface area contributed by atoms with Gasteiger partial charge in [0, 0.05) is 38.0 Å². The Morgan fingerprint density at radius 2 is 1.74 bits per heavy atom. The number of aryl methyl sites for hydroxylation is 1. The number of hydrogen-bond acceptors (Lipinski definition) is 5. The lowest BCUT2D eigenvalue weighted by Gasteiger charge is -2.33. The van der Waals surface area contributed by atoms with Crippen LogP contribution >= 0.6 is 11.3 Å². The molecule has 0 spiro atoms. The summed E-state index contributed by atoms with van der Waals surface area (Å²) >= 11 is 1.59. The summed E-state index contributed by atoms with van der Waals surface area (Å²) in [4.78, 5) is 6.90. The van der Waals surface area contributed by atoms with Gasteiger partial charge in [-0.3, -0.25) is 0 Å². The Hall–Kier alpha value is -2.29. The number of halogens is 1. The third-order valence-corrected chi connectivity index (χ3v) is 8.27. The van der Waals surface area contributed by atoms with Crippen LogP contribution in [-0.4, -0.2) is 43.9 Å². The van der Waals surface area contributed by atoms with Gasteiger partial charge in [-0.1, -0.05) is 43.7 Å². The van der Waals surface area contributed by atoms with Crippen LogP contribution in [0.25, 0.3) is 0 Å². The highest BCUT2D eigenvalue weighted by atomic mass is 32.2. The van der Waals surface area contributed by atoms with Crippen molar-refractivity contribution in [3.63, 3.8) is 0 Å². The molecule has 1 aliphatic rings. The SMILES string of the molecule is CCCc1ccc(Cc2csc(N3CCN(S(=O)(=O)c4cccc(F)c4)CC3)n2)cc1. The molecule has 0 atom stereocenters. The normalized spacial score (nSPS) is 15.4. The van der Waals surface area contributed by atoms with E-state index in [1.54, 1.807) is 11.3 Å². The molecule has 8 heteroatoms. The Morgan fingerprint density at radius 3 is 2.42 bits per heavy atom. The maximum atomic E-state index is 13.5. The number of sulfonamides is 1. The summed E-state index contributed by atoms with van der Waals surface area (Å²) in [5.41, 5.74) is 3.62. The number of piperazine rings is 1. The van der Waals surface area contributed by atoms with E-state index in [1.165, 1.54) is 33.6 Å². The fraction of sp³-hybridized carbons (Fsp3) is 0.348. The van der Waals surface area contributed by atoms with E-state index in [0.717, 1.165) is 36.2 Å². The zero-order chi connectivity index (χ0) is 21.8. The van der Waals surface area contributed by atoms with Gasteiger partial charge in [0.25, 0.3) is 0 Å². The van der Waals surface area contributed by atoms with Gasteiger partial charge in [-0.2, -0.15) is 4.31 Å². The standard InChI is InChI=1S/C23H26FN3O2S2/c1-2-4-18-7-9-19(10-8-18)15-21-17-30-23(25-21)26-11-13-27(14-12-26)31(28,29)22-6-3-5-20(24)16-22/h3,5-10,16-17H,2,4,11-15H2,1H3. The molecule has 3 aromatic rings. The lowest BCUT2D eigenvalue weighted by Crippen LogP contribution is -2.48. The highest BCUT2D eigenvalue weighted by molar-refractivity contribution is 7.89. The molecule has 0 aliphatic carbocycles. The summed E-state index contributed by atoms with van der Waals surface area (Å²) in [6, 6.07) is 13.9. The maximum absolute atomic E-state index is 13.5. The first-order chi connectivity index (χ1) is 15.0. The Bertz CT molecular complexity index is 1120. The predicted octanol–water partition coefficient (Wildman–Crippen LogP) is 4.34. The molecular weight excluding hydrogens is 433 g/mol. The second-order valence-electron chi connectivity index (χ2n) is 7.71. The van der Waals surface area contributed by atoms with Crippen molar-refractivity contribution in [2.24, 2.45) is 0 Å². The first kappa shape index (κ1) is 21.9. The first-order valence-electron chi connectivity index (χ1n) is 10.5. The van der Waals surface area contributed by atoms with Crippen molar-refractivity contribution in [1.82, 2.24) is 9.29 Å². The van der Waals surface area contributed by atoms with Crippen molar-refractivity contribution in [3.8, 4) is 0 Å². The summed E-state index contributed by atoms with van der Waals surface area (Å²) in [5, 5.41) is 2.99. The summed E-state index contributed by atoms with van der Waals surface area (Å²) in [6.07, 6.45) is 3.03. The van der Waals surface area contributed by atoms with Gasteiger partial charge in [0.05, 0.1) is 10.6 Å². The molecule has 2 aromatic carbocycles. The predicted molar refractivity (Wildman–Crippen MR) is 123 cm³/mol. The average molecular weight is 460 g/mol. The highest BCUT2D eigenvalue weighted by Gasteiger charge is 2.29. The number of anilines is 1. The van der Waals surface area contributed by atoms with Crippen LogP contribution in [0.1, 0.15) is 30.2 Å². The minimum Gasteiger partial charge on any atom is -0.345 e. The summed E-state index contributed by atoms with van der Waals surface area (Å²) in [7, 11) is -3.68. The number of nitrogens with zero attached hydrogens (tertiary/aromatic N) is 3. The molecular formula is C23H26FN3O2S2. The number of hydrogen-bond donors (Lipinski definition) is 0. The van der Waals surface area contributed by atoms with Gasteiger partial charge in [0.15, 0.2) is 5.13 Å². The van der Waals surface area contributed by atoms with Crippen molar-refractivity contribution in [3.05, 3.63) is 76.5 Å². The molecule has 1 saturated heterocycles. The van der Waals surface area contributed by atoms with Crippen molar-refractivity contribution < 1.29 is 12.8 Å². The Kier molecular flexibility index (Phi) is 6.69. The first-order valence-corrected chi connectivity index (χ1v) is 12.8. The molecule has 4 rings (SSSR count). The molecule has 5 nitrogen and oxygen atoms in total. The van der Waals surface area contributed by atoms with Crippen LogP contribution in [0, 0.1) is 5.82 Å². The van der Waals surface area contributed by atoms with Crippen molar-refractivity contribution in [2.75, 3.05) is 31.1 Å². The van der Waals surface area contributed by atoms with E-state index in [1.807, 2.05) is 0 Å². The topological polar surface area (TPSA) is 53.5 Å². The lowest BCUT2D eigenvalue weighted by molar-refractivity contribution is 0.384. The highest BCUT2D eigenvalue weighted by Crippen LogP contribution is 2.25.